The zero-order valence-corrected chi connectivity index (χ0v) is 23.7. The molecule has 0 aromatic carbocycles. The van der Waals surface area contributed by atoms with Crippen molar-refractivity contribution in [1.29, 1.82) is 0 Å². The van der Waals surface area contributed by atoms with Gasteiger partial charge in [0, 0.05) is 25.2 Å². The number of fused-ring (bicyclic) bond motifs is 1. The minimum Gasteiger partial charge on any atom is -0.371 e. The van der Waals surface area contributed by atoms with E-state index in [-0.39, 0.29) is 24.5 Å². The summed E-state index contributed by atoms with van der Waals surface area (Å²) in [6.45, 7) is 4.93. The Balaban J connectivity index is 0.000000307. The molecular weight excluding hydrogens is 528 g/mol. The van der Waals surface area contributed by atoms with E-state index < -0.39 is 13.0 Å². The van der Waals surface area contributed by atoms with Crippen molar-refractivity contribution in [2.24, 2.45) is 10.2 Å². The molecule has 4 rings (SSSR count). The van der Waals surface area contributed by atoms with Crippen LogP contribution < -0.4 is 11.1 Å². The van der Waals surface area contributed by atoms with E-state index in [0.29, 0.717) is 5.82 Å². The van der Waals surface area contributed by atoms with Gasteiger partial charge in [-0.2, -0.15) is 24.0 Å². The molecule has 13 heteroatoms. The maximum Gasteiger partial charge on any atom is 0.345 e. The lowest BCUT2D eigenvalue weighted by molar-refractivity contribution is -0.169. The van der Waals surface area contributed by atoms with E-state index in [2.05, 4.69) is 42.3 Å². The molecule has 9 nitrogen and oxygen atoms in total. The number of nitrogens with two attached hydrogens (primary N) is 1. The number of aromatic nitrogens is 4. The number of hydrogen-bond donors (Lipinski definition) is 2. The molecule has 1 aliphatic carbocycles. The van der Waals surface area contributed by atoms with Crippen LogP contribution in [0.5, 0.6) is 0 Å². The first-order chi connectivity index (χ1) is 19.1. The van der Waals surface area contributed by atoms with Crippen molar-refractivity contribution in [3.05, 3.63) is 30.1 Å². The third-order valence-corrected chi connectivity index (χ3v) is 6.21. The molecule has 0 amide bonds. The maximum atomic E-state index is 11.6. The Kier molecular flexibility index (Phi) is 13.7. The second kappa shape index (κ2) is 16.7. The van der Waals surface area contributed by atoms with E-state index >= 15 is 0 Å². The fourth-order valence-electron chi connectivity index (χ4n) is 3.82. The number of nitrogens with one attached hydrogen (secondary N) is 1. The van der Waals surface area contributed by atoms with Crippen molar-refractivity contribution >= 4 is 23.0 Å². The van der Waals surface area contributed by atoms with Crippen molar-refractivity contribution in [3.8, 4) is 11.3 Å². The molecule has 0 aliphatic heterocycles. The van der Waals surface area contributed by atoms with Crippen molar-refractivity contribution in [2.75, 3.05) is 18.1 Å². The van der Waals surface area contributed by atoms with Crippen LogP contribution in [0.25, 0.3) is 16.8 Å². The number of aryl methyl sites for hydroxylation is 1. The van der Waals surface area contributed by atoms with Gasteiger partial charge < -0.3 is 15.8 Å². The monoisotopic (exact) mass is 568 g/mol. The first-order valence-corrected chi connectivity index (χ1v) is 13.5. The van der Waals surface area contributed by atoms with Gasteiger partial charge in [-0.05, 0) is 51.3 Å². The highest BCUT2D eigenvalue weighted by Crippen LogP contribution is 2.30. The number of hydrogen-bond acceptors (Lipinski definition) is 8. The average molecular weight is 569 g/mol. The molecule has 3 heterocycles. The smallest absolute Gasteiger partial charge is 0.345 e. The van der Waals surface area contributed by atoms with Crippen LogP contribution in [0, 0.1) is 6.92 Å². The normalized spacial score (nSPS) is 14.7. The molecule has 222 valence electrons. The molecule has 1 unspecified atom stereocenters. The lowest BCUT2D eigenvalue weighted by atomic mass is 9.98. The highest BCUT2D eigenvalue weighted by molar-refractivity contribution is 5.87. The number of alkyl halides is 4. The predicted molar refractivity (Wildman–Crippen MR) is 149 cm³/mol. The summed E-state index contributed by atoms with van der Waals surface area (Å²) in [6.07, 6.45) is 5.36. The summed E-state index contributed by atoms with van der Waals surface area (Å²) in [6, 6.07) is 6.02. The van der Waals surface area contributed by atoms with Crippen LogP contribution in [0.3, 0.4) is 0 Å². The first kappa shape index (κ1) is 32.9. The number of nitrogens with zero attached hydrogens (tertiary/aromatic N) is 6. The Morgan fingerprint density at radius 3 is 2.30 bits per heavy atom. The topological polar surface area (TPSA) is 115 Å². The first-order valence-electron chi connectivity index (χ1n) is 13.5. The summed E-state index contributed by atoms with van der Waals surface area (Å²) in [5.74, 6) is 0.872. The Bertz CT molecular complexity index is 1200. The zero-order valence-electron chi connectivity index (χ0n) is 23.7. The molecule has 0 spiro atoms. The van der Waals surface area contributed by atoms with E-state index in [4.69, 9.17) is 5.73 Å². The van der Waals surface area contributed by atoms with Crippen LogP contribution >= 0.6 is 0 Å². The van der Waals surface area contributed by atoms with Crippen LogP contribution in [-0.2, 0) is 4.74 Å². The van der Waals surface area contributed by atoms with Gasteiger partial charge in [-0.1, -0.05) is 33.1 Å². The number of azo groups is 1. The molecule has 1 fully saturated rings. The van der Waals surface area contributed by atoms with Gasteiger partial charge in [-0.25, -0.2) is 13.3 Å². The van der Waals surface area contributed by atoms with Crippen LogP contribution in [0.15, 0.2) is 34.6 Å². The number of rotatable bonds is 8. The molecule has 1 aliphatic rings. The minimum atomic E-state index is -2.58. The molecule has 40 heavy (non-hydrogen) atoms. The molecule has 0 saturated heterocycles. The summed E-state index contributed by atoms with van der Waals surface area (Å²) in [5, 5.41) is 15.9. The number of anilines is 2. The minimum absolute atomic E-state index is 0.0278. The Labute approximate surface area is 232 Å². The summed E-state index contributed by atoms with van der Waals surface area (Å²) in [7, 11) is 1.80. The Hall–Kier alpha value is -3.35. The van der Waals surface area contributed by atoms with Gasteiger partial charge in [0.05, 0.1) is 23.5 Å². The van der Waals surface area contributed by atoms with E-state index in [9.17, 15) is 17.6 Å². The van der Waals surface area contributed by atoms with Crippen molar-refractivity contribution in [1.82, 2.24) is 19.6 Å². The van der Waals surface area contributed by atoms with Gasteiger partial charge in [0.25, 0.3) is 0 Å². The molecule has 3 N–H and O–H groups in total. The third kappa shape index (κ3) is 10.3. The fourth-order valence-corrected chi connectivity index (χ4v) is 3.82. The summed E-state index contributed by atoms with van der Waals surface area (Å²) in [5.41, 5.74) is 9.93. The SMILES string of the molecule is CCC(C)N=Nc1ccc(-c2ccn3nc(N)nc(NC)c23)nc1C.CCC(F)F.FC(F)OC1CCCCC1. The third-order valence-electron chi connectivity index (χ3n) is 6.21. The maximum absolute atomic E-state index is 11.6. The van der Waals surface area contributed by atoms with Gasteiger partial charge in [-0.15, -0.1) is 5.10 Å². The molecule has 3 aromatic rings. The molecule has 1 atom stereocenters. The number of ether oxygens (including phenoxy) is 1. The largest absolute Gasteiger partial charge is 0.371 e. The summed E-state index contributed by atoms with van der Waals surface area (Å²) >= 11 is 0. The van der Waals surface area contributed by atoms with E-state index in [1.165, 1.54) is 13.3 Å². The number of nitrogen functional groups attached to an aromatic ring is 1. The summed E-state index contributed by atoms with van der Waals surface area (Å²) in [4.78, 5) is 8.94. The summed E-state index contributed by atoms with van der Waals surface area (Å²) < 4.78 is 50.8. The lowest BCUT2D eigenvalue weighted by Crippen LogP contribution is -2.19. The van der Waals surface area contributed by atoms with Gasteiger partial charge in [0.2, 0.25) is 12.4 Å². The molecule has 1 saturated carbocycles. The van der Waals surface area contributed by atoms with E-state index in [1.54, 1.807) is 11.6 Å². The Morgan fingerprint density at radius 2 is 1.75 bits per heavy atom. The van der Waals surface area contributed by atoms with Gasteiger partial charge in [0.15, 0.2) is 5.82 Å². The average Bonchev–Trinajstić information content (AvgIpc) is 3.36. The second-order valence-electron chi connectivity index (χ2n) is 9.32. The van der Waals surface area contributed by atoms with Crippen molar-refractivity contribution < 1.29 is 22.3 Å². The van der Waals surface area contributed by atoms with Gasteiger partial charge in [-0.3, -0.25) is 4.98 Å². The van der Waals surface area contributed by atoms with Crippen molar-refractivity contribution in [2.45, 2.75) is 97.8 Å². The predicted octanol–water partition coefficient (Wildman–Crippen LogP) is 7.83. The fraction of sp³-hybridized carbons (Fsp3) is 0.593. The van der Waals surface area contributed by atoms with E-state index in [0.717, 1.165) is 60.3 Å². The number of pyridine rings is 1. The Morgan fingerprint density at radius 1 is 1.07 bits per heavy atom. The standard InChI is InChI=1S/C17H22N8.C7H12F2O.C3H6F2/c1-5-10(2)22-23-13-6-7-14(20-11(13)3)12-8-9-25-15(12)16(19-4)21-17(18)24-25;8-7(9)10-6-4-2-1-3-5-6;1-2-3(4)5/h6-10H,5H2,1-4H3,(H3,18,19,21,24);6-7H,1-5H2;3H,2H2,1H3. The van der Waals surface area contributed by atoms with Gasteiger partial charge in [0.1, 0.15) is 11.2 Å². The quantitative estimate of drug-likeness (QED) is 0.211. The van der Waals surface area contributed by atoms with E-state index in [1.807, 2.05) is 38.2 Å². The second-order valence-corrected chi connectivity index (χ2v) is 9.32. The van der Waals surface area contributed by atoms with Crippen LogP contribution in [0.2, 0.25) is 0 Å². The lowest BCUT2D eigenvalue weighted by Gasteiger charge is -2.20. The molecular formula is C27H40F4N8O. The molecule has 0 radical (unpaired) electrons. The highest BCUT2D eigenvalue weighted by atomic mass is 19.3. The highest BCUT2D eigenvalue weighted by Gasteiger charge is 2.17. The van der Waals surface area contributed by atoms with Crippen molar-refractivity contribution in [3.63, 3.8) is 0 Å². The zero-order chi connectivity index (χ0) is 29.7. The van der Waals surface area contributed by atoms with Crippen LogP contribution in [0.1, 0.15) is 71.4 Å². The van der Waals surface area contributed by atoms with Crippen LogP contribution in [0.4, 0.5) is 35.0 Å². The number of halogens is 4. The molecule has 0 bridgehead atoms. The van der Waals surface area contributed by atoms with Gasteiger partial charge >= 0.3 is 6.61 Å². The van der Waals surface area contributed by atoms with Crippen LogP contribution in [-0.4, -0.2) is 51.8 Å². The molecule has 3 aromatic heterocycles.